The number of halogens is 1. The number of ether oxygens (including phenoxy) is 1. The molecule has 0 bridgehead atoms. The van der Waals surface area contributed by atoms with Gasteiger partial charge in [-0.2, -0.15) is 0 Å². The maximum atomic E-state index is 13.8. The number of hydrogen-bond acceptors (Lipinski definition) is 2. The molecule has 1 fully saturated rings. The van der Waals surface area contributed by atoms with Crippen molar-refractivity contribution in [2.75, 3.05) is 7.11 Å². The van der Waals surface area contributed by atoms with E-state index < -0.39 is 0 Å². The fourth-order valence-corrected chi connectivity index (χ4v) is 1.98. The third kappa shape index (κ3) is 1.80. The average Bonchev–Trinajstić information content (AvgIpc) is 2.96. The molecule has 2 N–H and O–H groups in total. The molecule has 1 aromatic carbocycles. The highest BCUT2D eigenvalue weighted by molar-refractivity contribution is 5.46. The maximum absolute atomic E-state index is 13.8. The van der Waals surface area contributed by atoms with Crippen molar-refractivity contribution in [3.05, 3.63) is 29.1 Å². The molecule has 1 aromatic rings. The van der Waals surface area contributed by atoms with Crippen LogP contribution in [-0.4, -0.2) is 7.11 Å². The van der Waals surface area contributed by atoms with Crippen molar-refractivity contribution < 1.29 is 9.13 Å². The number of benzene rings is 1. The van der Waals surface area contributed by atoms with Crippen molar-refractivity contribution in [3.8, 4) is 5.75 Å². The minimum atomic E-state index is -0.289. The summed E-state index contributed by atoms with van der Waals surface area (Å²) in [5.41, 5.74) is 7.53. The van der Waals surface area contributed by atoms with Gasteiger partial charge in [0.15, 0.2) is 0 Å². The topological polar surface area (TPSA) is 35.2 Å². The lowest BCUT2D eigenvalue weighted by molar-refractivity contribution is 0.399. The van der Waals surface area contributed by atoms with Crippen molar-refractivity contribution in [2.24, 2.45) is 5.73 Å². The van der Waals surface area contributed by atoms with Gasteiger partial charge in [0.25, 0.3) is 0 Å². The van der Waals surface area contributed by atoms with Crippen LogP contribution in [0.25, 0.3) is 0 Å². The molecule has 0 atom stereocenters. The van der Waals surface area contributed by atoms with Crippen molar-refractivity contribution in [2.45, 2.75) is 38.1 Å². The second kappa shape index (κ2) is 3.74. The standard InChI is InChI=1S/C13H18FNO/c1-8(2)9-6-10(13(15)4-5-13)12(16-3)7-11(9)14/h6-8H,4-5,15H2,1-3H3. The zero-order valence-electron chi connectivity index (χ0n) is 10.0. The molecule has 0 unspecified atom stereocenters. The van der Waals surface area contributed by atoms with E-state index in [1.54, 1.807) is 7.11 Å². The summed E-state index contributed by atoms with van der Waals surface area (Å²) >= 11 is 0. The molecule has 1 aliphatic rings. The molecule has 3 heteroatoms. The van der Waals surface area contributed by atoms with Gasteiger partial charge in [0.2, 0.25) is 0 Å². The minimum Gasteiger partial charge on any atom is -0.496 e. The summed E-state index contributed by atoms with van der Waals surface area (Å²) in [5, 5.41) is 0. The SMILES string of the molecule is COc1cc(F)c(C(C)C)cc1C1(N)CC1. The Morgan fingerprint density at radius 1 is 1.38 bits per heavy atom. The summed E-state index contributed by atoms with van der Waals surface area (Å²) in [4.78, 5) is 0. The summed E-state index contributed by atoms with van der Waals surface area (Å²) in [6.45, 7) is 3.95. The molecule has 0 heterocycles. The first-order chi connectivity index (χ1) is 7.48. The van der Waals surface area contributed by atoms with E-state index in [2.05, 4.69) is 0 Å². The summed E-state index contributed by atoms with van der Waals surface area (Å²) in [6.07, 6.45) is 1.90. The Morgan fingerprint density at radius 2 is 2.00 bits per heavy atom. The van der Waals surface area contributed by atoms with Crippen molar-refractivity contribution in [1.82, 2.24) is 0 Å². The molecule has 0 radical (unpaired) electrons. The van der Waals surface area contributed by atoms with E-state index in [1.807, 2.05) is 19.9 Å². The van der Waals surface area contributed by atoms with Crippen molar-refractivity contribution in [1.29, 1.82) is 0 Å². The molecule has 88 valence electrons. The molecule has 1 aliphatic carbocycles. The van der Waals surface area contributed by atoms with Crippen LogP contribution in [-0.2, 0) is 5.54 Å². The molecular weight excluding hydrogens is 205 g/mol. The fourth-order valence-electron chi connectivity index (χ4n) is 1.98. The molecule has 0 spiro atoms. The summed E-state index contributed by atoms with van der Waals surface area (Å²) in [7, 11) is 1.55. The number of rotatable bonds is 3. The van der Waals surface area contributed by atoms with Crippen LogP contribution in [0.3, 0.4) is 0 Å². The van der Waals surface area contributed by atoms with Gasteiger partial charge < -0.3 is 10.5 Å². The number of methoxy groups -OCH3 is 1. The zero-order valence-corrected chi connectivity index (χ0v) is 10.0. The monoisotopic (exact) mass is 223 g/mol. The molecule has 0 aliphatic heterocycles. The van der Waals surface area contributed by atoms with Gasteiger partial charge >= 0.3 is 0 Å². The summed E-state index contributed by atoms with van der Waals surface area (Å²) in [5.74, 6) is 0.522. The predicted octanol–water partition coefficient (Wildman–Crippen LogP) is 2.91. The van der Waals surface area contributed by atoms with Gasteiger partial charge in [-0.25, -0.2) is 4.39 Å². The number of nitrogens with two attached hydrogens (primary N) is 1. The maximum Gasteiger partial charge on any atom is 0.130 e. The Hall–Kier alpha value is -1.09. The molecular formula is C13H18FNO. The molecule has 2 rings (SSSR count). The van der Waals surface area contributed by atoms with E-state index in [0.717, 1.165) is 18.4 Å². The van der Waals surface area contributed by atoms with Gasteiger partial charge in [-0.1, -0.05) is 13.8 Å². The highest BCUT2D eigenvalue weighted by Crippen LogP contribution is 2.47. The van der Waals surface area contributed by atoms with Gasteiger partial charge in [-0.3, -0.25) is 0 Å². The normalized spacial score (nSPS) is 17.6. The van der Waals surface area contributed by atoms with Gasteiger partial charge in [0.05, 0.1) is 7.11 Å². The summed E-state index contributed by atoms with van der Waals surface area (Å²) < 4.78 is 19.0. The van der Waals surface area contributed by atoms with Gasteiger partial charge in [-0.05, 0) is 30.4 Å². The first-order valence-corrected chi connectivity index (χ1v) is 5.65. The van der Waals surface area contributed by atoms with Crippen LogP contribution in [0.1, 0.15) is 43.7 Å². The highest BCUT2D eigenvalue weighted by Gasteiger charge is 2.42. The van der Waals surface area contributed by atoms with Crippen LogP contribution in [0, 0.1) is 5.82 Å². The third-order valence-electron chi connectivity index (χ3n) is 3.27. The van der Waals surface area contributed by atoms with Crippen molar-refractivity contribution >= 4 is 0 Å². The fraction of sp³-hybridized carbons (Fsp3) is 0.538. The van der Waals surface area contributed by atoms with E-state index in [9.17, 15) is 4.39 Å². The Kier molecular flexibility index (Phi) is 2.66. The highest BCUT2D eigenvalue weighted by atomic mass is 19.1. The second-order valence-electron chi connectivity index (χ2n) is 4.88. The Morgan fingerprint density at radius 3 is 2.44 bits per heavy atom. The van der Waals surface area contributed by atoms with E-state index in [1.165, 1.54) is 6.07 Å². The van der Waals surface area contributed by atoms with Crippen LogP contribution in [0.4, 0.5) is 4.39 Å². The van der Waals surface area contributed by atoms with E-state index in [0.29, 0.717) is 11.3 Å². The first-order valence-electron chi connectivity index (χ1n) is 5.65. The lowest BCUT2D eigenvalue weighted by Gasteiger charge is -2.18. The summed E-state index contributed by atoms with van der Waals surface area (Å²) in [6, 6.07) is 3.32. The lowest BCUT2D eigenvalue weighted by atomic mass is 9.95. The molecule has 16 heavy (non-hydrogen) atoms. The number of hydrogen-bond donors (Lipinski definition) is 1. The molecule has 2 nitrogen and oxygen atoms in total. The van der Waals surface area contributed by atoms with Crippen LogP contribution in [0.15, 0.2) is 12.1 Å². The van der Waals surface area contributed by atoms with Crippen LogP contribution in [0.5, 0.6) is 5.75 Å². The molecule has 0 saturated heterocycles. The van der Waals surface area contributed by atoms with Gasteiger partial charge in [0, 0.05) is 17.2 Å². The van der Waals surface area contributed by atoms with E-state index >= 15 is 0 Å². The Labute approximate surface area is 95.6 Å². The van der Waals surface area contributed by atoms with Crippen molar-refractivity contribution in [3.63, 3.8) is 0 Å². The Balaban J connectivity index is 2.53. The van der Waals surface area contributed by atoms with Crippen LogP contribution >= 0.6 is 0 Å². The zero-order chi connectivity index (χ0) is 11.9. The largest absolute Gasteiger partial charge is 0.496 e. The van der Waals surface area contributed by atoms with E-state index in [-0.39, 0.29) is 17.3 Å². The molecule has 1 saturated carbocycles. The third-order valence-corrected chi connectivity index (χ3v) is 3.27. The smallest absolute Gasteiger partial charge is 0.130 e. The van der Waals surface area contributed by atoms with Crippen LogP contribution < -0.4 is 10.5 Å². The average molecular weight is 223 g/mol. The van der Waals surface area contributed by atoms with Crippen LogP contribution in [0.2, 0.25) is 0 Å². The second-order valence-corrected chi connectivity index (χ2v) is 4.88. The quantitative estimate of drug-likeness (QED) is 0.855. The van der Waals surface area contributed by atoms with Gasteiger partial charge in [-0.15, -0.1) is 0 Å². The first kappa shape index (κ1) is 11.4. The molecule has 0 aromatic heterocycles. The Bertz CT molecular complexity index is 411. The lowest BCUT2D eigenvalue weighted by Crippen LogP contribution is -2.20. The van der Waals surface area contributed by atoms with Gasteiger partial charge in [0.1, 0.15) is 11.6 Å². The molecule has 0 amide bonds. The predicted molar refractivity (Wildman–Crippen MR) is 62.1 cm³/mol. The van der Waals surface area contributed by atoms with E-state index in [4.69, 9.17) is 10.5 Å². The minimum absolute atomic E-state index is 0.159.